The van der Waals surface area contributed by atoms with Crippen molar-refractivity contribution in [1.82, 2.24) is 0 Å². The van der Waals surface area contributed by atoms with E-state index in [0.29, 0.717) is 11.3 Å². The molecule has 41 heavy (non-hydrogen) atoms. The van der Waals surface area contributed by atoms with Crippen LogP contribution in [0.1, 0.15) is 40.4 Å². The Bertz CT molecular complexity index is 1360. The highest BCUT2D eigenvalue weighted by atomic mass is 19.1. The largest absolute Gasteiger partial charge is 0.394 e. The van der Waals surface area contributed by atoms with Crippen LogP contribution in [0.25, 0.3) is 0 Å². The molecule has 10 heteroatoms. The minimum absolute atomic E-state index is 0.0883. The number of carbonyl (C=O) groups is 2. The molecule has 216 valence electrons. The molecule has 5 rings (SSSR count). The van der Waals surface area contributed by atoms with Crippen molar-refractivity contribution in [2.45, 2.75) is 55.8 Å². The predicted molar refractivity (Wildman–Crippen MR) is 144 cm³/mol. The van der Waals surface area contributed by atoms with Crippen molar-refractivity contribution in [2.24, 2.45) is 5.92 Å². The lowest BCUT2D eigenvalue weighted by molar-refractivity contribution is -0.228. The number of aliphatic hydroxyl groups is 4. The number of ether oxygens (including phenoxy) is 1. The molecule has 7 atom stereocenters. The van der Waals surface area contributed by atoms with Crippen LogP contribution >= 0.6 is 0 Å². The third kappa shape index (κ3) is 5.93. The van der Waals surface area contributed by atoms with Crippen LogP contribution in [-0.4, -0.2) is 69.2 Å². The van der Waals surface area contributed by atoms with Crippen molar-refractivity contribution in [3.8, 4) is 0 Å². The third-order valence-electron chi connectivity index (χ3n) is 7.92. The molecule has 0 bridgehead atoms. The van der Waals surface area contributed by atoms with Crippen LogP contribution in [0.3, 0.4) is 0 Å². The number of benzene rings is 3. The lowest BCUT2D eigenvalue weighted by atomic mass is 9.78. The van der Waals surface area contributed by atoms with Gasteiger partial charge in [-0.1, -0.05) is 24.3 Å². The van der Waals surface area contributed by atoms with Crippen LogP contribution in [0.2, 0.25) is 0 Å². The van der Waals surface area contributed by atoms with Gasteiger partial charge in [0.1, 0.15) is 36.1 Å². The van der Waals surface area contributed by atoms with E-state index in [2.05, 4.69) is 0 Å². The van der Waals surface area contributed by atoms with Gasteiger partial charge in [-0.3, -0.25) is 9.59 Å². The molecule has 0 radical (unpaired) electrons. The molecule has 4 N–H and O–H groups in total. The van der Waals surface area contributed by atoms with E-state index in [1.165, 1.54) is 48.5 Å². The standard InChI is InChI=1S/C31H31F2NO7/c32-20-7-5-18(6-8-20)24(36)14-13-23-27(34(31(23)40)22-11-9-21(33)10-12-22)19-3-1-17(2-4-19)15-25-28(37)30(39)29(38)26(16-35)41-25/h1-12,23,25-30,35,37-39H,13-16H2. The summed E-state index contributed by atoms with van der Waals surface area (Å²) in [6.45, 7) is -0.514. The summed E-state index contributed by atoms with van der Waals surface area (Å²) in [5.74, 6) is -1.79. The highest BCUT2D eigenvalue weighted by Crippen LogP contribution is 2.45. The van der Waals surface area contributed by atoms with Gasteiger partial charge < -0.3 is 30.1 Å². The number of amides is 1. The number of aliphatic hydroxyl groups excluding tert-OH is 4. The van der Waals surface area contributed by atoms with Gasteiger partial charge in [0.2, 0.25) is 5.91 Å². The maximum absolute atomic E-state index is 13.6. The summed E-state index contributed by atoms with van der Waals surface area (Å²) in [5, 5.41) is 39.9. The molecule has 2 heterocycles. The Kier molecular flexibility index (Phi) is 8.58. The molecule has 2 fully saturated rings. The Morgan fingerprint density at radius 2 is 1.39 bits per heavy atom. The topological polar surface area (TPSA) is 128 Å². The molecular formula is C31H31F2NO7. The average molecular weight is 568 g/mol. The quantitative estimate of drug-likeness (QED) is 0.231. The van der Waals surface area contributed by atoms with Gasteiger partial charge in [0.05, 0.1) is 24.7 Å². The molecule has 2 saturated heterocycles. The number of anilines is 1. The normalized spacial score (nSPS) is 27.9. The summed E-state index contributed by atoms with van der Waals surface area (Å²) in [6, 6.07) is 17.7. The van der Waals surface area contributed by atoms with Gasteiger partial charge in [0.15, 0.2) is 5.78 Å². The second-order valence-electron chi connectivity index (χ2n) is 10.5. The number of halogens is 2. The SMILES string of the molecule is O=C(CCC1C(=O)N(c2ccc(F)cc2)C1c1ccc(CC2OC(CO)C(O)C(O)C2O)cc1)c1ccc(F)cc1. The van der Waals surface area contributed by atoms with Crippen LogP contribution in [-0.2, 0) is 16.0 Å². The molecule has 2 aliphatic heterocycles. The molecule has 8 nitrogen and oxygen atoms in total. The Morgan fingerprint density at radius 1 is 0.805 bits per heavy atom. The van der Waals surface area contributed by atoms with E-state index in [-0.39, 0.29) is 31.0 Å². The summed E-state index contributed by atoms with van der Waals surface area (Å²) in [4.78, 5) is 27.6. The third-order valence-corrected chi connectivity index (χ3v) is 7.92. The Balaban J connectivity index is 1.34. The Hall–Kier alpha value is -3.54. The van der Waals surface area contributed by atoms with E-state index in [0.717, 1.165) is 11.1 Å². The van der Waals surface area contributed by atoms with E-state index in [4.69, 9.17) is 4.74 Å². The minimum Gasteiger partial charge on any atom is -0.394 e. The first-order valence-corrected chi connectivity index (χ1v) is 13.4. The number of hydrogen-bond acceptors (Lipinski definition) is 7. The lowest BCUT2D eigenvalue weighted by Gasteiger charge is -2.47. The fourth-order valence-corrected chi connectivity index (χ4v) is 5.60. The number of β-lactam (4-membered cyclic amide) rings is 1. The smallest absolute Gasteiger partial charge is 0.233 e. The minimum atomic E-state index is -1.46. The number of carbonyl (C=O) groups excluding carboxylic acids is 2. The van der Waals surface area contributed by atoms with E-state index < -0.39 is 60.7 Å². The van der Waals surface area contributed by atoms with E-state index in [9.17, 15) is 38.8 Å². The first kappa shape index (κ1) is 29.0. The summed E-state index contributed by atoms with van der Waals surface area (Å²) >= 11 is 0. The average Bonchev–Trinajstić information content (AvgIpc) is 2.98. The molecule has 3 aromatic rings. The number of rotatable bonds is 9. The van der Waals surface area contributed by atoms with Crippen LogP contribution in [0.15, 0.2) is 72.8 Å². The number of nitrogens with zero attached hydrogens (tertiary/aromatic N) is 1. The first-order chi connectivity index (χ1) is 19.7. The summed E-state index contributed by atoms with van der Waals surface area (Å²) in [6.07, 6.45) is -5.56. The maximum Gasteiger partial charge on any atom is 0.233 e. The van der Waals surface area contributed by atoms with Crippen LogP contribution in [0.5, 0.6) is 0 Å². The number of ketones is 1. The van der Waals surface area contributed by atoms with Crippen molar-refractivity contribution >= 4 is 17.4 Å². The zero-order valence-electron chi connectivity index (χ0n) is 22.0. The van der Waals surface area contributed by atoms with Crippen LogP contribution in [0.4, 0.5) is 14.5 Å². The van der Waals surface area contributed by atoms with Gasteiger partial charge in [-0.15, -0.1) is 0 Å². The van der Waals surface area contributed by atoms with E-state index in [1.807, 2.05) is 12.1 Å². The second-order valence-corrected chi connectivity index (χ2v) is 10.5. The van der Waals surface area contributed by atoms with Crippen molar-refractivity contribution in [3.63, 3.8) is 0 Å². The van der Waals surface area contributed by atoms with Crippen molar-refractivity contribution in [3.05, 3.63) is 101 Å². The Labute approximate surface area is 235 Å². The zero-order chi connectivity index (χ0) is 29.3. The van der Waals surface area contributed by atoms with Gasteiger partial charge in [-0.25, -0.2) is 8.78 Å². The van der Waals surface area contributed by atoms with Crippen molar-refractivity contribution < 1.29 is 43.5 Å². The van der Waals surface area contributed by atoms with Gasteiger partial charge in [0.25, 0.3) is 0 Å². The highest BCUT2D eigenvalue weighted by molar-refractivity contribution is 6.04. The van der Waals surface area contributed by atoms with Crippen LogP contribution < -0.4 is 4.90 Å². The maximum atomic E-state index is 13.6. The summed E-state index contributed by atoms with van der Waals surface area (Å²) in [7, 11) is 0. The summed E-state index contributed by atoms with van der Waals surface area (Å²) in [5.41, 5.74) is 2.42. The fourth-order valence-electron chi connectivity index (χ4n) is 5.60. The lowest BCUT2D eigenvalue weighted by Crippen LogP contribution is -2.59. The summed E-state index contributed by atoms with van der Waals surface area (Å²) < 4.78 is 32.5. The van der Waals surface area contributed by atoms with Gasteiger partial charge in [0, 0.05) is 24.1 Å². The predicted octanol–water partition coefficient (Wildman–Crippen LogP) is 2.72. The highest BCUT2D eigenvalue weighted by Gasteiger charge is 2.48. The first-order valence-electron chi connectivity index (χ1n) is 13.4. The fraction of sp³-hybridized carbons (Fsp3) is 0.355. The molecule has 0 aliphatic carbocycles. The second kappa shape index (κ2) is 12.1. The molecule has 2 aliphatic rings. The van der Waals surface area contributed by atoms with Crippen molar-refractivity contribution in [1.29, 1.82) is 0 Å². The monoisotopic (exact) mass is 567 g/mol. The van der Waals surface area contributed by atoms with E-state index in [1.54, 1.807) is 17.0 Å². The molecule has 1 amide bonds. The van der Waals surface area contributed by atoms with Gasteiger partial charge in [-0.05, 0) is 66.1 Å². The zero-order valence-corrected chi connectivity index (χ0v) is 22.0. The Morgan fingerprint density at radius 3 is 2.00 bits per heavy atom. The van der Waals surface area contributed by atoms with E-state index >= 15 is 0 Å². The number of hydrogen-bond donors (Lipinski definition) is 4. The molecule has 7 unspecified atom stereocenters. The number of Topliss-reactive ketones (excluding diaryl/α,β-unsaturated/α-hetero) is 1. The molecule has 3 aromatic carbocycles. The van der Waals surface area contributed by atoms with Crippen LogP contribution in [0, 0.1) is 17.6 Å². The van der Waals surface area contributed by atoms with Gasteiger partial charge >= 0.3 is 0 Å². The molecule has 0 aromatic heterocycles. The molecule has 0 spiro atoms. The molecule has 0 saturated carbocycles. The molecular weight excluding hydrogens is 536 g/mol. The van der Waals surface area contributed by atoms with Gasteiger partial charge in [-0.2, -0.15) is 0 Å². The van der Waals surface area contributed by atoms with Crippen molar-refractivity contribution in [2.75, 3.05) is 11.5 Å².